The van der Waals surface area contributed by atoms with Crippen LogP contribution in [-0.4, -0.2) is 19.6 Å². The lowest BCUT2D eigenvalue weighted by molar-refractivity contribution is 0.0600. The van der Waals surface area contributed by atoms with Crippen LogP contribution in [0.25, 0.3) is 10.4 Å². The summed E-state index contributed by atoms with van der Waals surface area (Å²) >= 11 is 0. The first-order valence-electron chi connectivity index (χ1n) is 5.06. The van der Waals surface area contributed by atoms with Gasteiger partial charge in [-0.2, -0.15) is 0 Å². The molecule has 0 bridgehead atoms. The Hall–Kier alpha value is -2.51. The van der Waals surface area contributed by atoms with Gasteiger partial charge in [0, 0.05) is 17.9 Å². The van der Waals surface area contributed by atoms with Crippen LogP contribution in [0.15, 0.2) is 23.3 Å². The van der Waals surface area contributed by atoms with Crippen molar-refractivity contribution in [3.8, 4) is 11.8 Å². The normalized spacial score (nSPS) is 8.78. The number of azide groups is 1. The maximum Gasteiger partial charge on any atom is 0.337 e. The first-order chi connectivity index (χ1) is 8.69. The Balaban J connectivity index is 2.79. The third-order valence-electron chi connectivity index (χ3n) is 2.01. The monoisotopic (exact) mass is 247 g/mol. The van der Waals surface area contributed by atoms with Crippen LogP contribution in [0.5, 0.6) is 0 Å². The third-order valence-corrected chi connectivity index (χ3v) is 2.01. The number of methoxy groups -OCH3 is 1. The number of rotatable bonds is 3. The standard InChI is InChI=1S/C12H10FN3O2/c1-18-12(17)10-6-5-9(11(13)8-10)4-2-3-7-15-16-14/h5-6,8H,3,7H2,1H3. The number of halogens is 1. The lowest BCUT2D eigenvalue weighted by Crippen LogP contribution is -2.02. The Morgan fingerprint density at radius 3 is 3.00 bits per heavy atom. The van der Waals surface area contributed by atoms with E-state index in [1.54, 1.807) is 0 Å². The van der Waals surface area contributed by atoms with Gasteiger partial charge in [-0.25, -0.2) is 9.18 Å². The van der Waals surface area contributed by atoms with Crippen molar-refractivity contribution in [2.75, 3.05) is 13.7 Å². The molecule has 0 radical (unpaired) electrons. The van der Waals surface area contributed by atoms with E-state index in [-0.39, 0.29) is 17.7 Å². The van der Waals surface area contributed by atoms with E-state index in [4.69, 9.17) is 5.53 Å². The summed E-state index contributed by atoms with van der Waals surface area (Å²) in [6, 6.07) is 3.91. The molecule has 0 aliphatic heterocycles. The zero-order chi connectivity index (χ0) is 13.4. The molecule has 5 nitrogen and oxygen atoms in total. The fourth-order valence-corrected chi connectivity index (χ4v) is 1.17. The molecule has 18 heavy (non-hydrogen) atoms. The highest BCUT2D eigenvalue weighted by molar-refractivity contribution is 5.89. The lowest BCUT2D eigenvalue weighted by Gasteiger charge is -2.00. The van der Waals surface area contributed by atoms with Gasteiger partial charge in [0.05, 0.1) is 18.2 Å². The Morgan fingerprint density at radius 2 is 2.39 bits per heavy atom. The fourth-order valence-electron chi connectivity index (χ4n) is 1.17. The van der Waals surface area contributed by atoms with E-state index in [1.807, 2.05) is 0 Å². The number of hydrogen-bond donors (Lipinski definition) is 0. The molecule has 0 spiro atoms. The largest absolute Gasteiger partial charge is 0.465 e. The topological polar surface area (TPSA) is 75.1 Å². The molecule has 0 aliphatic rings. The van der Waals surface area contributed by atoms with Gasteiger partial charge >= 0.3 is 5.97 Å². The molecule has 1 aromatic carbocycles. The molecule has 0 amide bonds. The molecule has 0 atom stereocenters. The number of carbonyl (C=O) groups excluding carboxylic acids is 1. The van der Waals surface area contributed by atoms with Gasteiger partial charge in [0.15, 0.2) is 0 Å². The Kier molecular flexibility index (Phi) is 5.23. The predicted molar refractivity (Wildman–Crippen MR) is 63.2 cm³/mol. The summed E-state index contributed by atoms with van der Waals surface area (Å²) in [6.45, 7) is 0.241. The number of hydrogen-bond acceptors (Lipinski definition) is 3. The number of carbonyl (C=O) groups is 1. The van der Waals surface area contributed by atoms with Gasteiger partial charge in [0.25, 0.3) is 0 Å². The van der Waals surface area contributed by atoms with Gasteiger partial charge in [-0.3, -0.25) is 0 Å². The maximum atomic E-state index is 13.5. The van der Waals surface area contributed by atoms with E-state index < -0.39 is 11.8 Å². The van der Waals surface area contributed by atoms with Gasteiger partial charge in [-0.05, 0) is 23.7 Å². The fraction of sp³-hybridized carbons (Fsp3) is 0.250. The number of esters is 1. The van der Waals surface area contributed by atoms with Crippen LogP contribution in [0.2, 0.25) is 0 Å². The molecule has 0 saturated carbocycles. The van der Waals surface area contributed by atoms with Crippen LogP contribution in [0.3, 0.4) is 0 Å². The highest BCUT2D eigenvalue weighted by atomic mass is 19.1. The van der Waals surface area contributed by atoms with Crippen molar-refractivity contribution in [2.45, 2.75) is 6.42 Å². The molecule has 92 valence electrons. The molecule has 6 heteroatoms. The predicted octanol–water partition coefficient (Wildman–Crippen LogP) is 2.66. The average molecular weight is 247 g/mol. The maximum absolute atomic E-state index is 13.5. The lowest BCUT2D eigenvalue weighted by atomic mass is 10.1. The Bertz CT molecular complexity index is 554. The molecule has 0 heterocycles. The highest BCUT2D eigenvalue weighted by Crippen LogP contribution is 2.10. The van der Waals surface area contributed by atoms with Gasteiger partial charge < -0.3 is 4.74 Å². The van der Waals surface area contributed by atoms with E-state index in [9.17, 15) is 9.18 Å². The highest BCUT2D eigenvalue weighted by Gasteiger charge is 2.08. The molecule has 0 aliphatic carbocycles. The van der Waals surface area contributed by atoms with Crippen LogP contribution >= 0.6 is 0 Å². The molecule has 0 N–H and O–H groups in total. The molecule has 0 saturated heterocycles. The summed E-state index contributed by atoms with van der Waals surface area (Å²) in [5.41, 5.74) is 8.36. The minimum Gasteiger partial charge on any atom is -0.465 e. The van der Waals surface area contributed by atoms with Crippen LogP contribution in [0, 0.1) is 17.7 Å². The second kappa shape index (κ2) is 6.94. The number of ether oxygens (including phenoxy) is 1. The third kappa shape index (κ3) is 3.81. The molecule has 0 aromatic heterocycles. The van der Waals surface area contributed by atoms with E-state index >= 15 is 0 Å². The molecular formula is C12H10FN3O2. The summed E-state index contributed by atoms with van der Waals surface area (Å²) in [4.78, 5) is 13.7. The van der Waals surface area contributed by atoms with E-state index in [2.05, 4.69) is 26.6 Å². The van der Waals surface area contributed by atoms with Crippen molar-refractivity contribution in [2.24, 2.45) is 5.11 Å². The quantitative estimate of drug-likeness (QED) is 0.205. The zero-order valence-corrected chi connectivity index (χ0v) is 9.68. The van der Waals surface area contributed by atoms with E-state index in [0.29, 0.717) is 6.42 Å². The second-order valence-electron chi connectivity index (χ2n) is 3.19. The molecule has 1 rings (SSSR count). The summed E-state index contributed by atoms with van der Waals surface area (Å²) in [7, 11) is 1.23. The van der Waals surface area contributed by atoms with Crippen molar-refractivity contribution in [1.82, 2.24) is 0 Å². The van der Waals surface area contributed by atoms with Gasteiger partial charge in [-0.15, -0.1) is 0 Å². The summed E-state index contributed by atoms with van der Waals surface area (Å²) in [6.07, 6.45) is 0.349. The average Bonchev–Trinajstić information content (AvgIpc) is 2.39. The minimum absolute atomic E-state index is 0.134. The number of nitrogens with zero attached hydrogens (tertiary/aromatic N) is 3. The molecule has 0 unspecified atom stereocenters. The Labute approximate surface area is 103 Å². The van der Waals surface area contributed by atoms with Crippen molar-refractivity contribution >= 4 is 5.97 Å². The Morgan fingerprint density at radius 1 is 1.61 bits per heavy atom. The first-order valence-corrected chi connectivity index (χ1v) is 5.06. The van der Waals surface area contributed by atoms with E-state index in [1.165, 1.54) is 19.2 Å². The molecule has 0 fully saturated rings. The van der Waals surface area contributed by atoms with Crippen molar-refractivity contribution in [3.05, 3.63) is 45.6 Å². The second-order valence-corrected chi connectivity index (χ2v) is 3.19. The molecule has 1 aromatic rings. The van der Waals surface area contributed by atoms with E-state index in [0.717, 1.165) is 6.07 Å². The van der Waals surface area contributed by atoms with Crippen molar-refractivity contribution in [3.63, 3.8) is 0 Å². The zero-order valence-electron chi connectivity index (χ0n) is 9.68. The van der Waals surface area contributed by atoms with Crippen LogP contribution < -0.4 is 0 Å². The summed E-state index contributed by atoms with van der Waals surface area (Å²) < 4.78 is 18.0. The smallest absolute Gasteiger partial charge is 0.337 e. The van der Waals surface area contributed by atoms with Crippen molar-refractivity contribution in [1.29, 1.82) is 0 Å². The van der Waals surface area contributed by atoms with Crippen LogP contribution in [0.4, 0.5) is 4.39 Å². The van der Waals surface area contributed by atoms with Crippen LogP contribution in [-0.2, 0) is 4.74 Å². The van der Waals surface area contributed by atoms with Gasteiger partial charge in [-0.1, -0.05) is 17.0 Å². The SMILES string of the molecule is COC(=O)c1ccc(C#CCCN=[N+]=[N-])c(F)c1. The van der Waals surface area contributed by atoms with Crippen LogP contribution in [0.1, 0.15) is 22.3 Å². The van der Waals surface area contributed by atoms with Gasteiger partial charge in [0.1, 0.15) is 5.82 Å². The van der Waals surface area contributed by atoms with Crippen molar-refractivity contribution < 1.29 is 13.9 Å². The summed E-state index contributed by atoms with van der Waals surface area (Å²) in [5.74, 6) is 4.08. The first kappa shape index (κ1) is 13.6. The minimum atomic E-state index is -0.600. The van der Waals surface area contributed by atoms with Gasteiger partial charge in [0.2, 0.25) is 0 Å². The summed E-state index contributed by atoms with van der Waals surface area (Å²) in [5, 5.41) is 3.30. The molecular weight excluding hydrogens is 237 g/mol. The number of benzene rings is 1.